The van der Waals surface area contributed by atoms with Crippen molar-refractivity contribution in [2.24, 2.45) is 4.99 Å². The van der Waals surface area contributed by atoms with Gasteiger partial charge in [-0.15, -0.1) is 0 Å². The molecule has 30 heavy (non-hydrogen) atoms. The summed E-state index contributed by atoms with van der Waals surface area (Å²) in [4.78, 5) is 29.3. The molecule has 0 spiro atoms. The van der Waals surface area contributed by atoms with Crippen molar-refractivity contribution in [2.75, 3.05) is 20.8 Å². The Morgan fingerprint density at radius 3 is 2.53 bits per heavy atom. The number of carbonyl (C=O) groups excluding carboxylic acids is 2. The van der Waals surface area contributed by atoms with Gasteiger partial charge in [0, 0.05) is 5.69 Å². The molecular weight excluding hydrogens is 406 g/mol. The Balaban J connectivity index is 1.76. The van der Waals surface area contributed by atoms with Gasteiger partial charge in [0.1, 0.15) is 6.04 Å². The number of nitrogens with zero attached hydrogens (tertiary/aromatic N) is 2. The minimum atomic E-state index is -3.40. The Hall–Kier alpha value is -3.40. The van der Waals surface area contributed by atoms with Gasteiger partial charge in [-0.25, -0.2) is 18.4 Å². The first-order valence-corrected chi connectivity index (χ1v) is 11.0. The van der Waals surface area contributed by atoms with E-state index in [2.05, 4.69) is 20.5 Å². The number of amidine groups is 1. The molecule has 0 aromatic heterocycles. The third kappa shape index (κ3) is 4.77. The number of amides is 2. The molecule has 3 N–H and O–H groups in total. The minimum absolute atomic E-state index is 0.000585. The van der Waals surface area contributed by atoms with Crippen molar-refractivity contribution in [2.45, 2.75) is 26.8 Å². The highest BCUT2D eigenvalue weighted by Crippen LogP contribution is 2.21. The Morgan fingerprint density at radius 1 is 1.20 bits per heavy atom. The first-order valence-electron chi connectivity index (χ1n) is 9.36. The number of sulfonamides is 1. The van der Waals surface area contributed by atoms with E-state index in [0.29, 0.717) is 22.6 Å². The lowest BCUT2D eigenvalue weighted by atomic mass is 10.2. The van der Waals surface area contributed by atoms with Crippen LogP contribution < -0.4 is 20.5 Å². The average molecular weight is 430 g/mol. The van der Waals surface area contributed by atoms with Crippen LogP contribution in [0.4, 0.5) is 17.1 Å². The van der Waals surface area contributed by atoms with Gasteiger partial charge < -0.3 is 5.32 Å². The molecule has 2 aromatic rings. The van der Waals surface area contributed by atoms with Crippen molar-refractivity contribution in [3.63, 3.8) is 0 Å². The van der Waals surface area contributed by atoms with E-state index in [1.54, 1.807) is 63.2 Å². The first kappa shape index (κ1) is 21.3. The highest BCUT2D eigenvalue weighted by atomic mass is 32.2. The number of hydrogen-bond donors (Lipinski definition) is 3. The van der Waals surface area contributed by atoms with E-state index in [1.165, 1.54) is 5.01 Å². The maximum Gasteiger partial charge on any atom is 0.292 e. The van der Waals surface area contributed by atoms with E-state index < -0.39 is 22.0 Å². The summed E-state index contributed by atoms with van der Waals surface area (Å²) >= 11 is 0. The predicted molar refractivity (Wildman–Crippen MR) is 117 cm³/mol. The highest BCUT2D eigenvalue weighted by Gasteiger charge is 2.30. The second kappa shape index (κ2) is 8.54. The largest absolute Gasteiger partial charge is 0.319 e. The Kier molecular flexibility index (Phi) is 6.06. The lowest BCUT2D eigenvalue weighted by molar-refractivity contribution is -0.120. The summed E-state index contributed by atoms with van der Waals surface area (Å²) < 4.78 is 26.0. The lowest BCUT2D eigenvalue weighted by Crippen LogP contribution is -2.57. The van der Waals surface area contributed by atoms with Crippen LogP contribution in [0.5, 0.6) is 0 Å². The van der Waals surface area contributed by atoms with Gasteiger partial charge in [0.05, 0.1) is 17.1 Å². The SMILES string of the molecule is CCS(=O)(=O)Nc1ccc(NC(=O)C2=NC(C)C(=O)N(c3ccccc3)N2)cc1C. The van der Waals surface area contributed by atoms with Crippen molar-refractivity contribution in [3.05, 3.63) is 54.1 Å². The molecule has 1 atom stereocenters. The van der Waals surface area contributed by atoms with Crippen molar-refractivity contribution >= 4 is 44.7 Å². The van der Waals surface area contributed by atoms with Crippen LogP contribution in [-0.4, -0.2) is 37.9 Å². The molecule has 10 heteroatoms. The van der Waals surface area contributed by atoms with Gasteiger partial charge in [-0.2, -0.15) is 0 Å². The maximum absolute atomic E-state index is 12.7. The Bertz CT molecular complexity index is 1100. The van der Waals surface area contributed by atoms with Crippen LogP contribution in [0.15, 0.2) is 53.5 Å². The van der Waals surface area contributed by atoms with E-state index in [4.69, 9.17) is 0 Å². The molecule has 1 aliphatic heterocycles. The van der Waals surface area contributed by atoms with Crippen LogP contribution in [0.1, 0.15) is 19.4 Å². The fraction of sp³-hybridized carbons (Fsp3) is 0.250. The number of carbonyl (C=O) groups is 2. The smallest absolute Gasteiger partial charge is 0.292 e. The van der Waals surface area contributed by atoms with Gasteiger partial charge in [0.15, 0.2) is 0 Å². The number of aliphatic imine (C=N–C) groups is 1. The molecule has 0 fully saturated rings. The quantitative estimate of drug-likeness (QED) is 0.649. The van der Waals surface area contributed by atoms with Crippen LogP contribution in [0, 0.1) is 6.92 Å². The van der Waals surface area contributed by atoms with Crippen LogP contribution in [-0.2, 0) is 19.6 Å². The Labute approximate surface area is 175 Å². The summed E-state index contributed by atoms with van der Waals surface area (Å²) in [7, 11) is -3.40. The number of hydrazine groups is 1. The number of anilines is 3. The molecule has 0 radical (unpaired) electrons. The predicted octanol–water partition coefficient (Wildman–Crippen LogP) is 2.03. The van der Waals surface area contributed by atoms with E-state index in [0.717, 1.165) is 0 Å². The molecule has 0 bridgehead atoms. The molecule has 2 amide bonds. The number of rotatable bonds is 6. The number of nitrogens with one attached hydrogen (secondary N) is 3. The molecule has 3 rings (SSSR count). The molecule has 1 unspecified atom stereocenters. The molecule has 0 saturated carbocycles. The molecule has 9 nitrogen and oxygen atoms in total. The third-order valence-corrected chi connectivity index (χ3v) is 5.77. The zero-order chi connectivity index (χ0) is 21.9. The number of aryl methyl sites for hydroxylation is 1. The zero-order valence-electron chi connectivity index (χ0n) is 16.8. The van der Waals surface area contributed by atoms with Gasteiger partial charge in [0.25, 0.3) is 11.8 Å². The second-order valence-electron chi connectivity index (χ2n) is 6.76. The third-order valence-electron chi connectivity index (χ3n) is 4.48. The van der Waals surface area contributed by atoms with Gasteiger partial charge >= 0.3 is 0 Å². The fourth-order valence-electron chi connectivity index (χ4n) is 2.79. The standard InChI is InChI=1S/C20H23N5O4S/c1-4-30(28,29)24-17-11-10-15(12-13(17)2)22-19(26)18-21-14(3)20(27)25(23-18)16-8-6-5-7-9-16/h5-12,14,24H,4H2,1-3H3,(H,21,23)(H,22,26). The van der Waals surface area contributed by atoms with Gasteiger partial charge in [-0.3, -0.25) is 19.7 Å². The summed E-state index contributed by atoms with van der Waals surface area (Å²) in [5.41, 5.74) is 4.92. The molecule has 0 aliphatic carbocycles. The minimum Gasteiger partial charge on any atom is -0.319 e. The van der Waals surface area contributed by atoms with Crippen molar-refractivity contribution in [3.8, 4) is 0 Å². The van der Waals surface area contributed by atoms with E-state index in [1.807, 2.05) is 6.07 Å². The number of hydrogen-bond acceptors (Lipinski definition) is 6. The summed E-state index contributed by atoms with van der Waals surface area (Å²) in [5, 5.41) is 4.01. The summed E-state index contributed by atoms with van der Waals surface area (Å²) in [6.45, 7) is 4.90. The normalized spacial score (nSPS) is 16.5. The van der Waals surface area contributed by atoms with Crippen molar-refractivity contribution in [1.29, 1.82) is 0 Å². The van der Waals surface area contributed by atoms with Gasteiger partial charge in [-0.1, -0.05) is 18.2 Å². The van der Waals surface area contributed by atoms with Crippen LogP contribution in [0.2, 0.25) is 0 Å². The maximum atomic E-state index is 12.7. The molecule has 158 valence electrons. The van der Waals surface area contributed by atoms with Gasteiger partial charge in [-0.05, 0) is 56.7 Å². The molecular formula is C20H23N5O4S. The van der Waals surface area contributed by atoms with E-state index >= 15 is 0 Å². The van der Waals surface area contributed by atoms with Crippen molar-refractivity contribution in [1.82, 2.24) is 5.43 Å². The molecule has 2 aromatic carbocycles. The second-order valence-corrected chi connectivity index (χ2v) is 8.77. The fourth-order valence-corrected chi connectivity index (χ4v) is 3.50. The topological polar surface area (TPSA) is 120 Å². The zero-order valence-corrected chi connectivity index (χ0v) is 17.7. The average Bonchev–Trinajstić information content (AvgIpc) is 2.72. The highest BCUT2D eigenvalue weighted by molar-refractivity contribution is 7.92. The summed E-state index contributed by atoms with van der Waals surface area (Å²) in [6.07, 6.45) is 0. The van der Waals surface area contributed by atoms with E-state index in [9.17, 15) is 18.0 Å². The summed E-state index contributed by atoms with van der Waals surface area (Å²) in [5.74, 6) is -0.831. The number of benzene rings is 2. The van der Waals surface area contributed by atoms with E-state index in [-0.39, 0.29) is 17.5 Å². The monoisotopic (exact) mass is 429 g/mol. The van der Waals surface area contributed by atoms with Crippen molar-refractivity contribution < 1.29 is 18.0 Å². The van der Waals surface area contributed by atoms with Crippen LogP contribution in [0.3, 0.4) is 0 Å². The first-order chi connectivity index (χ1) is 14.2. The van der Waals surface area contributed by atoms with Crippen LogP contribution >= 0.6 is 0 Å². The van der Waals surface area contributed by atoms with Crippen LogP contribution in [0.25, 0.3) is 0 Å². The number of para-hydroxylation sites is 1. The van der Waals surface area contributed by atoms with Gasteiger partial charge in [0.2, 0.25) is 15.9 Å². The summed E-state index contributed by atoms with van der Waals surface area (Å²) in [6, 6.07) is 13.0. The lowest BCUT2D eigenvalue weighted by Gasteiger charge is -2.30. The Morgan fingerprint density at radius 2 is 1.90 bits per heavy atom. The molecule has 1 heterocycles. The molecule has 0 saturated heterocycles. The molecule has 1 aliphatic rings.